The van der Waals surface area contributed by atoms with Crippen LogP contribution < -0.4 is 15.4 Å². The van der Waals surface area contributed by atoms with Crippen LogP contribution in [0.4, 0.5) is 0 Å². The highest BCUT2D eigenvalue weighted by atomic mass is 127. The number of halogens is 1. The van der Waals surface area contributed by atoms with Crippen molar-refractivity contribution in [3.05, 3.63) is 51.7 Å². The number of rotatable bonds is 7. The van der Waals surface area contributed by atoms with Crippen molar-refractivity contribution in [2.75, 3.05) is 34.8 Å². The molecule has 1 aromatic heterocycles. The Morgan fingerprint density at radius 1 is 1.27 bits per heavy atom. The molecule has 0 saturated heterocycles. The zero-order valence-electron chi connectivity index (χ0n) is 16.1. The van der Waals surface area contributed by atoms with Crippen molar-refractivity contribution in [1.29, 1.82) is 0 Å². The maximum absolute atomic E-state index is 5.47. The summed E-state index contributed by atoms with van der Waals surface area (Å²) in [4.78, 5) is 7.89. The topological polar surface area (TPSA) is 48.9 Å². The van der Waals surface area contributed by atoms with E-state index in [1.807, 2.05) is 6.07 Å². The number of hydrogen-bond acceptors (Lipinski definition) is 4. The number of aryl methyl sites for hydroxylation is 1. The van der Waals surface area contributed by atoms with Gasteiger partial charge in [0.2, 0.25) is 0 Å². The maximum Gasteiger partial charge on any atom is 0.191 e. The molecule has 5 nitrogen and oxygen atoms in total. The van der Waals surface area contributed by atoms with E-state index in [9.17, 15) is 0 Å². The second kappa shape index (κ2) is 11.4. The number of hydrogen-bond donors (Lipinski definition) is 2. The third kappa shape index (κ3) is 6.44. The lowest BCUT2D eigenvalue weighted by Crippen LogP contribution is -2.41. The number of likely N-dealkylation sites (N-methyl/N-ethyl adjacent to an activating group) is 1. The van der Waals surface area contributed by atoms with Crippen molar-refractivity contribution in [1.82, 2.24) is 15.5 Å². The largest absolute Gasteiger partial charge is 0.496 e. The lowest BCUT2D eigenvalue weighted by atomic mass is 10.1. The van der Waals surface area contributed by atoms with E-state index in [1.165, 1.54) is 10.4 Å². The van der Waals surface area contributed by atoms with E-state index in [0.717, 1.165) is 23.8 Å². The maximum atomic E-state index is 5.47. The van der Waals surface area contributed by atoms with E-state index in [1.54, 1.807) is 25.5 Å². The number of nitrogens with one attached hydrogen (secondary N) is 2. The van der Waals surface area contributed by atoms with Gasteiger partial charge in [0.05, 0.1) is 13.2 Å². The minimum absolute atomic E-state index is 0. The molecule has 2 aromatic rings. The molecule has 7 heteroatoms. The molecular weight excluding hydrogens is 459 g/mol. The first-order valence-electron chi connectivity index (χ1n) is 8.33. The van der Waals surface area contributed by atoms with E-state index >= 15 is 0 Å². The molecule has 1 aromatic carbocycles. The highest BCUT2D eigenvalue weighted by Gasteiger charge is 2.15. The molecule has 26 heavy (non-hydrogen) atoms. The van der Waals surface area contributed by atoms with Gasteiger partial charge in [0.1, 0.15) is 5.75 Å². The van der Waals surface area contributed by atoms with Crippen LogP contribution in [0.3, 0.4) is 0 Å². The summed E-state index contributed by atoms with van der Waals surface area (Å²) in [5.41, 5.74) is 2.30. The Balaban J connectivity index is 0.00000338. The Labute approximate surface area is 177 Å². The summed E-state index contributed by atoms with van der Waals surface area (Å²) in [5, 5.41) is 8.90. The molecule has 0 aliphatic rings. The fourth-order valence-corrected chi connectivity index (χ4v) is 3.53. The number of nitrogens with zero attached hydrogens (tertiary/aromatic N) is 2. The van der Waals surface area contributed by atoms with Crippen molar-refractivity contribution in [2.45, 2.75) is 19.5 Å². The molecule has 2 N–H and O–H groups in total. The molecule has 0 amide bonds. The monoisotopic (exact) mass is 488 g/mol. The second-order valence-corrected chi connectivity index (χ2v) is 7.10. The van der Waals surface area contributed by atoms with Crippen LogP contribution in [0, 0.1) is 6.92 Å². The highest BCUT2D eigenvalue weighted by Crippen LogP contribution is 2.22. The van der Waals surface area contributed by atoms with Gasteiger partial charge in [-0.15, -0.1) is 35.3 Å². The minimum atomic E-state index is 0. The number of methoxy groups -OCH3 is 1. The lowest BCUT2D eigenvalue weighted by molar-refractivity contribution is 0.302. The Morgan fingerprint density at radius 3 is 2.62 bits per heavy atom. The van der Waals surface area contributed by atoms with Crippen molar-refractivity contribution in [2.24, 2.45) is 4.99 Å². The van der Waals surface area contributed by atoms with Gasteiger partial charge in [-0.2, -0.15) is 0 Å². The standard InChI is InChI=1S/C19H28N4OS.HI/c1-14-8-9-15(17(11-14)24-5)12-21-19(20-2)22-13-16(23(3)4)18-7-6-10-25-18;/h6-11,16H,12-13H2,1-5H3,(H2,20,21,22);1H. The first-order chi connectivity index (χ1) is 12.0. The average Bonchev–Trinajstić information content (AvgIpc) is 3.12. The number of thiophene rings is 1. The molecule has 1 heterocycles. The average molecular weight is 488 g/mol. The summed E-state index contributed by atoms with van der Waals surface area (Å²) in [7, 11) is 7.68. The molecule has 0 aliphatic heterocycles. The van der Waals surface area contributed by atoms with Crippen molar-refractivity contribution in [3.8, 4) is 5.75 Å². The smallest absolute Gasteiger partial charge is 0.191 e. The SMILES string of the molecule is CN=C(NCc1ccc(C)cc1OC)NCC(c1cccs1)N(C)C.I. The van der Waals surface area contributed by atoms with Crippen LogP contribution in [0.2, 0.25) is 0 Å². The molecule has 144 valence electrons. The molecule has 0 bridgehead atoms. The molecule has 0 fully saturated rings. The summed E-state index contributed by atoms with van der Waals surface area (Å²) in [6, 6.07) is 10.8. The van der Waals surface area contributed by atoms with E-state index in [2.05, 4.69) is 71.2 Å². The third-order valence-corrected chi connectivity index (χ3v) is 5.04. The predicted octanol–water partition coefficient (Wildman–Crippen LogP) is 3.65. The van der Waals surface area contributed by atoms with Gasteiger partial charge in [-0.3, -0.25) is 4.99 Å². The fourth-order valence-electron chi connectivity index (χ4n) is 2.61. The van der Waals surface area contributed by atoms with Gasteiger partial charge in [-0.1, -0.05) is 18.2 Å². The van der Waals surface area contributed by atoms with Gasteiger partial charge in [-0.05, 0) is 44.1 Å². The van der Waals surface area contributed by atoms with Gasteiger partial charge < -0.3 is 20.3 Å². The first-order valence-corrected chi connectivity index (χ1v) is 9.21. The van der Waals surface area contributed by atoms with E-state index in [0.29, 0.717) is 12.6 Å². The first kappa shape index (κ1) is 22.7. The molecule has 2 rings (SSSR count). The minimum Gasteiger partial charge on any atom is -0.496 e. The molecule has 1 unspecified atom stereocenters. The van der Waals surface area contributed by atoms with Gasteiger partial charge in [0.25, 0.3) is 0 Å². The number of guanidine groups is 1. The molecule has 0 spiro atoms. The van der Waals surface area contributed by atoms with Crippen molar-refractivity contribution >= 4 is 41.3 Å². The molecule has 0 aliphatic carbocycles. The summed E-state index contributed by atoms with van der Waals surface area (Å²) in [5.74, 6) is 1.68. The van der Waals surface area contributed by atoms with Gasteiger partial charge in [0, 0.05) is 30.6 Å². The predicted molar refractivity (Wildman–Crippen MR) is 122 cm³/mol. The molecule has 0 radical (unpaired) electrons. The van der Waals surface area contributed by atoms with E-state index in [-0.39, 0.29) is 24.0 Å². The Hall–Kier alpha value is -1.32. The quantitative estimate of drug-likeness (QED) is 0.355. The Bertz CT molecular complexity index is 689. The normalized spacial score (nSPS) is 12.5. The Kier molecular flexibility index (Phi) is 9.97. The van der Waals surface area contributed by atoms with Crippen LogP contribution in [-0.4, -0.2) is 45.7 Å². The summed E-state index contributed by atoms with van der Waals surface area (Å²) in [6.45, 7) is 3.51. The second-order valence-electron chi connectivity index (χ2n) is 6.12. The van der Waals surface area contributed by atoms with Gasteiger partial charge >= 0.3 is 0 Å². The van der Waals surface area contributed by atoms with Crippen LogP contribution in [0.1, 0.15) is 22.0 Å². The van der Waals surface area contributed by atoms with Crippen LogP contribution in [-0.2, 0) is 6.54 Å². The summed E-state index contributed by atoms with van der Waals surface area (Å²) in [6.07, 6.45) is 0. The van der Waals surface area contributed by atoms with Crippen molar-refractivity contribution < 1.29 is 4.74 Å². The van der Waals surface area contributed by atoms with E-state index in [4.69, 9.17) is 4.74 Å². The van der Waals surface area contributed by atoms with E-state index < -0.39 is 0 Å². The van der Waals surface area contributed by atoms with Gasteiger partial charge in [0.15, 0.2) is 5.96 Å². The van der Waals surface area contributed by atoms with Crippen LogP contribution in [0.25, 0.3) is 0 Å². The summed E-state index contributed by atoms with van der Waals surface area (Å²) < 4.78 is 5.47. The van der Waals surface area contributed by atoms with Crippen LogP contribution >= 0.6 is 35.3 Å². The number of benzene rings is 1. The van der Waals surface area contributed by atoms with Gasteiger partial charge in [-0.25, -0.2) is 0 Å². The number of ether oxygens (including phenoxy) is 1. The van der Waals surface area contributed by atoms with Crippen LogP contribution in [0.15, 0.2) is 40.7 Å². The lowest BCUT2D eigenvalue weighted by Gasteiger charge is -2.24. The molecule has 1 atom stereocenters. The molecular formula is C19H29IN4OS. The zero-order valence-corrected chi connectivity index (χ0v) is 19.2. The highest BCUT2D eigenvalue weighted by molar-refractivity contribution is 14.0. The number of aliphatic imine (C=N–C) groups is 1. The fraction of sp³-hybridized carbons (Fsp3) is 0.421. The zero-order chi connectivity index (χ0) is 18.2. The third-order valence-electron chi connectivity index (χ3n) is 4.07. The molecule has 0 saturated carbocycles. The summed E-state index contributed by atoms with van der Waals surface area (Å²) >= 11 is 1.78. The van der Waals surface area contributed by atoms with Crippen molar-refractivity contribution in [3.63, 3.8) is 0 Å². The Morgan fingerprint density at radius 2 is 2.04 bits per heavy atom. The van der Waals surface area contributed by atoms with Crippen LogP contribution in [0.5, 0.6) is 5.75 Å².